The largest absolute Gasteiger partial charge is 0.360 e. The number of hydrogen-bond acceptors (Lipinski definition) is 5. The van der Waals surface area contributed by atoms with Gasteiger partial charge < -0.3 is 9.84 Å². The first kappa shape index (κ1) is 14.4. The molecule has 0 bridgehead atoms. The third-order valence-corrected chi connectivity index (χ3v) is 4.70. The highest BCUT2D eigenvalue weighted by Gasteiger charge is 2.27. The molecule has 0 aliphatic heterocycles. The van der Waals surface area contributed by atoms with Gasteiger partial charge in [-0.25, -0.2) is 0 Å². The van der Waals surface area contributed by atoms with Crippen LogP contribution < -0.4 is 5.32 Å². The molecule has 106 valence electrons. The van der Waals surface area contributed by atoms with Crippen LogP contribution in [0.5, 0.6) is 0 Å². The Morgan fingerprint density at radius 2 is 2.42 bits per heavy atom. The second-order valence-corrected chi connectivity index (χ2v) is 6.25. The number of carbonyl (C=O) groups excluding carboxylic acids is 1. The van der Waals surface area contributed by atoms with Crippen LogP contribution in [0.15, 0.2) is 10.6 Å². The zero-order valence-corrected chi connectivity index (χ0v) is 12.5. The summed E-state index contributed by atoms with van der Waals surface area (Å²) in [5, 5.41) is 7.25. The van der Waals surface area contributed by atoms with Crippen LogP contribution in [0.2, 0.25) is 0 Å². The Kier molecular flexibility index (Phi) is 4.87. The zero-order chi connectivity index (χ0) is 13.8. The van der Waals surface area contributed by atoms with Gasteiger partial charge in [0.05, 0.1) is 6.54 Å². The molecule has 19 heavy (non-hydrogen) atoms. The second kappa shape index (κ2) is 6.43. The van der Waals surface area contributed by atoms with E-state index >= 15 is 0 Å². The molecule has 5 nitrogen and oxygen atoms in total. The first-order valence-corrected chi connectivity index (χ1v) is 7.83. The van der Waals surface area contributed by atoms with Crippen molar-refractivity contribution in [3.05, 3.63) is 11.8 Å². The van der Waals surface area contributed by atoms with E-state index in [1.807, 2.05) is 18.8 Å². The van der Waals surface area contributed by atoms with Crippen LogP contribution in [-0.2, 0) is 4.79 Å². The quantitative estimate of drug-likeness (QED) is 0.897. The van der Waals surface area contributed by atoms with Crippen molar-refractivity contribution in [2.24, 2.45) is 0 Å². The standard InChI is InChI=1S/C13H21N3O2S/c1-9-6-12(15-18-9)14-13(17)8-16(2)10-4-5-11(7-10)19-3/h6,10-11H,4-5,7-8H2,1-3H3,(H,14,15,17)/t10-,11-/m1/s1. The van der Waals surface area contributed by atoms with Gasteiger partial charge in [0.25, 0.3) is 0 Å². The third kappa shape index (κ3) is 3.98. The van der Waals surface area contributed by atoms with E-state index in [1.54, 1.807) is 13.0 Å². The molecule has 1 aliphatic rings. The van der Waals surface area contributed by atoms with Gasteiger partial charge in [-0.15, -0.1) is 0 Å². The predicted octanol–water partition coefficient (Wildman–Crippen LogP) is 2.14. The monoisotopic (exact) mass is 283 g/mol. The Hall–Kier alpha value is -1.01. The Morgan fingerprint density at radius 3 is 3.00 bits per heavy atom. The Bertz CT molecular complexity index is 435. The molecule has 0 saturated heterocycles. The number of nitrogens with one attached hydrogen (secondary N) is 1. The van der Waals surface area contributed by atoms with Crippen LogP contribution >= 0.6 is 11.8 Å². The van der Waals surface area contributed by atoms with Crippen molar-refractivity contribution < 1.29 is 9.32 Å². The van der Waals surface area contributed by atoms with Crippen LogP contribution in [0.3, 0.4) is 0 Å². The summed E-state index contributed by atoms with van der Waals surface area (Å²) in [6, 6.07) is 2.24. The summed E-state index contributed by atoms with van der Waals surface area (Å²) in [7, 11) is 2.01. The first-order valence-electron chi connectivity index (χ1n) is 6.54. The molecule has 1 aliphatic carbocycles. The van der Waals surface area contributed by atoms with E-state index in [4.69, 9.17) is 4.52 Å². The first-order chi connectivity index (χ1) is 9.08. The van der Waals surface area contributed by atoms with E-state index in [2.05, 4.69) is 21.6 Å². The Balaban J connectivity index is 1.79. The van der Waals surface area contributed by atoms with Crippen LogP contribution in [0.1, 0.15) is 25.0 Å². The van der Waals surface area contributed by atoms with E-state index < -0.39 is 0 Å². The summed E-state index contributed by atoms with van der Waals surface area (Å²) >= 11 is 1.93. The van der Waals surface area contributed by atoms with Crippen molar-refractivity contribution >= 4 is 23.5 Å². The summed E-state index contributed by atoms with van der Waals surface area (Å²) in [5.74, 6) is 1.15. The number of anilines is 1. The van der Waals surface area contributed by atoms with Crippen LogP contribution in [0.4, 0.5) is 5.82 Å². The van der Waals surface area contributed by atoms with Crippen molar-refractivity contribution in [2.75, 3.05) is 25.2 Å². The van der Waals surface area contributed by atoms with Crippen molar-refractivity contribution in [1.82, 2.24) is 10.1 Å². The average Bonchev–Trinajstić information content (AvgIpc) is 2.98. The van der Waals surface area contributed by atoms with Gasteiger partial charge in [-0.05, 0) is 39.5 Å². The van der Waals surface area contributed by atoms with Gasteiger partial charge in [0, 0.05) is 17.4 Å². The molecule has 1 saturated carbocycles. The molecule has 1 aromatic rings. The smallest absolute Gasteiger partial charge is 0.239 e. The second-order valence-electron chi connectivity index (χ2n) is 5.11. The highest BCUT2D eigenvalue weighted by Crippen LogP contribution is 2.30. The minimum atomic E-state index is -0.0385. The molecule has 1 aromatic heterocycles. The summed E-state index contributed by atoms with van der Waals surface area (Å²) in [5.41, 5.74) is 0. The highest BCUT2D eigenvalue weighted by molar-refractivity contribution is 7.99. The number of likely N-dealkylation sites (N-methyl/N-ethyl adjacent to an activating group) is 1. The third-order valence-electron chi connectivity index (χ3n) is 3.60. The molecule has 0 radical (unpaired) electrons. The Labute approximate surface area is 118 Å². The van der Waals surface area contributed by atoms with Gasteiger partial charge in [-0.3, -0.25) is 9.69 Å². The van der Waals surface area contributed by atoms with E-state index in [-0.39, 0.29) is 5.91 Å². The van der Waals surface area contributed by atoms with E-state index in [0.29, 0.717) is 24.2 Å². The fraction of sp³-hybridized carbons (Fsp3) is 0.692. The molecule has 1 N–H and O–H groups in total. The van der Waals surface area contributed by atoms with Crippen LogP contribution in [0.25, 0.3) is 0 Å². The van der Waals surface area contributed by atoms with Gasteiger partial charge in [-0.2, -0.15) is 11.8 Å². The van der Waals surface area contributed by atoms with Crippen molar-refractivity contribution in [2.45, 2.75) is 37.5 Å². The molecule has 0 aromatic carbocycles. The molecule has 0 spiro atoms. The van der Waals surface area contributed by atoms with Crippen molar-refractivity contribution in [3.8, 4) is 0 Å². The lowest BCUT2D eigenvalue weighted by atomic mass is 10.2. The Morgan fingerprint density at radius 1 is 1.63 bits per heavy atom. The highest BCUT2D eigenvalue weighted by atomic mass is 32.2. The normalized spacial score (nSPS) is 22.9. The molecule has 2 rings (SSSR count). The maximum absolute atomic E-state index is 11.9. The summed E-state index contributed by atoms with van der Waals surface area (Å²) < 4.78 is 4.92. The number of hydrogen-bond donors (Lipinski definition) is 1. The van der Waals surface area contributed by atoms with Gasteiger partial charge in [0.2, 0.25) is 5.91 Å². The summed E-state index contributed by atoms with van der Waals surface area (Å²) in [6.45, 7) is 2.20. The van der Waals surface area contributed by atoms with E-state index in [1.165, 1.54) is 19.3 Å². The molecule has 1 heterocycles. The summed E-state index contributed by atoms with van der Waals surface area (Å²) in [4.78, 5) is 14.0. The van der Waals surface area contributed by atoms with Crippen LogP contribution in [0, 0.1) is 6.92 Å². The maximum Gasteiger partial charge on any atom is 0.239 e. The van der Waals surface area contributed by atoms with Gasteiger partial charge >= 0.3 is 0 Å². The number of amides is 1. The SMILES string of the molecule is CS[C@@H]1CC[C@@H](N(C)CC(=O)Nc2cc(C)on2)C1. The predicted molar refractivity (Wildman–Crippen MR) is 77.4 cm³/mol. The van der Waals surface area contributed by atoms with E-state index in [0.717, 1.165) is 5.25 Å². The molecular weight excluding hydrogens is 262 g/mol. The minimum absolute atomic E-state index is 0.0385. The topological polar surface area (TPSA) is 58.4 Å². The van der Waals surface area contributed by atoms with E-state index in [9.17, 15) is 4.79 Å². The van der Waals surface area contributed by atoms with Gasteiger partial charge in [0.15, 0.2) is 5.82 Å². The maximum atomic E-state index is 11.9. The number of aryl methyl sites for hydroxylation is 1. The molecule has 1 amide bonds. The fourth-order valence-electron chi connectivity index (χ4n) is 2.50. The number of aromatic nitrogens is 1. The number of carbonyl (C=O) groups is 1. The fourth-order valence-corrected chi connectivity index (χ4v) is 3.28. The molecule has 1 fully saturated rings. The van der Waals surface area contributed by atoms with Gasteiger partial charge in [-0.1, -0.05) is 5.16 Å². The lowest BCUT2D eigenvalue weighted by Gasteiger charge is -2.23. The minimum Gasteiger partial charge on any atom is -0.360 e. The average molecular weight is 283 g/mol. The van der Waals surface area contributed by atoms with Crippen molar-refractivity contribution in [1.29, 1.82) is 0 Å². The molecule has 6 heteroatoms. The zero-order valence-electron chi connectivity index (χ0n) is 11.7. The molecule has 0 unspecified atom stereocenters. The molecular formula is C13H21N3O2S. The lowest BCUT2D eigenvalue weighted by Crippen LogP contribution is -2.36. The van der Waals surface area contributed by atoms with Crippen molar-refractivity contribution in [3.63, 3.8) is 0 Å². The van der Waals surface area contributed by atoms with Gasteiger partial charge in [0.1, 0.15) is 5.76 Å². The molecule has 2 atom stereocenters. The number of thioether (sulfide) groups is 1. The lowest BCUT2D eigenvalue weighted by molar-refractivity contribution is -0.117. The number of rotatable bonds is 5. The van der Waals surface area contributed by atoms with Crippen LogP contribution in [-0.4, -0.2) is 47.1 Å². The number of nitrogens with zero attached hydrogens (tertiary/aromatic N) is 2. The summed E-state index contributed by atoms with van der Waals surface area (Å²) in [6.07, 6.45) is 5.76.